The number of carbonyl (C=O) groups excluding carboxylic acids is 1. The van der Waals surface area contributed by atoms with Gasteiger partial charge in [-0.1, -0.05) is 48.2 Å². The third kappa shape index (κ3) is 5.05. The topological polar surface area (TPSA) is 66.5 Å². The van der Waals surface area contributed by atoms with E-state index in [1.54, 1.807) is 0 Å². The monoisotopic (exact) mass is 448 g/mol. The van der Waals surface area contributed by atoms with Crippen LogP contribution in [0.1, 0.15) is 65.7 Å². The molecule has 0 aromatic heterocycles. The summed E-state index contributed by atoms with van der Waals surface area (Å²) in [5, 5.41) is 3.18. The van der Waals surface area contributed by atoms with Crippen molar-refractivity contribution < 1.29 is 13.2 Å². The van der Waals surface area contributed by atoms with Gasteiger partial charge in [0.2, 0.25) is 10.0 Å². The molecule has 162 valence electrons. The number of sulfonamides is 1. The first-order valence-electron chi connectivity index (χ1n) is 10.4. The molecule has 1 aliphatic heterocycles. The SMILES string of the molecule is Cc1ccc(C(C)NC(=O)c2cc(S(=O)(=O)N3CCCCCC3)ccc2Cl)c(C)c1. The quantitative estimate of drug-likeness (QED) is 0.698. The van der Waals surface area contributed by atoms with Gasteiger partial charge in [0.15, 0.2) is 0 Å². The molecule has 7 heteroatoms. The lowest BCUT2D eigenvalue weighted by Gasteiger charge is -2.21. The highest BCUT2D eigenvalue weighted by molar-refractivity contribution is 7.89. The fraction of sp³-hybridized carbons (Fsp3) is 0.435. The Bertz CT molecular complexity index is 1030. The van der Waals surface area contributed by atoms with Gasteiger partial charge in [-0.15, -0.1) is 0 Å². The van der Waals surface area contributed by atoms with Crippen LogP contribution in [-0.4, -0.2) is 31.7 Å². The van der Waals surface area contributed by atoms with E-state index in [9.17, 15) is 13.2 Å². The number of hydrogen-bond donors (Lipinski definition) is 1. The predicted molar refractivity (Wildman–Crippen MR) is 120 cm³/mol. The van der Waals surface area contributed by atoms with Gasteiger partial charge in [-0.05, 0) is 62.9 Å². The Morgan fingerprint density at radius 2 is 1.70 bits per heavy atom. The maximum absolute atomic E-state index is 13.1. The summed E-state index contributed by atoms with van der Waals surface area (Å²) in [5.41, 5.74) is 3.43. The van der Waals surface area contributed by atoms with Crippen LogP contribution in [0.4, 0.5) is 0 Å². The average Bonchev–Trinajstić information content (AvgIpc) is 2.98. The summed E-state index contributed by atoms with van der Waals surface area (Å²) in [6.45, 7) is 6.95. The van der Waals surface area contributed by atoms with Crippen molar-refractivity contribution in [2.75, 3.05) is 13.1 Å². The number of benzene rings is 2. The van der Waals surface area contributed by atoms with Crippen LogP contribution in [0, 0.1) is 13.8 Å². The van der Waals surface area contributed by atoms with Crippen LogP contribution < -0.4 is 5.32 Å². The van der Waals surface area contributed by atoms with Crippen LogP contribution in [0.3, 0.4) is 0 Å². The summed E-state index contributed by atoms with van der Waals surface area (Å²) >= 11 is 6.27. The Morgan fingerprint density at radius 3 is 2.33 bits per heavy atom. The number of nitrogens with one attached hydrogen (secondary N) is 1. The summed E-state index contributed by atoms with van der Waals surface area (Å²) in [6, 6.07) is 10.2. The van der Waals surface area contributed by atoms with Crippen LogP contribution in [0.5, 0.6) is 0 Å². The first-order valence-corrected chi connectivity index (χ1v) is 12.2. The normalized spacial score (nSPS) is 16.7. The maximum atomic E-state index is 13.1. The lowest BCUT2D eigenvalue weighted by Crippen LogP contribution is -2.32. The molecule has 1 atom stereocenters. The second-order valence-corrected chi connectivity index (χ2v) is 10.4. The smallest absolute Gasteiger partial charge is 0.253 e. The van der Waals surface area contributed by atoms with E-state index >= 15 is 0 Å². The van der Waals surface area contributed by atoms with E-state index in [1.807, 2.05) is 32.9 Å². The van der Waals surface area contributed by atoms with Gasteiger partial charge in [0, 0.05) is 13.1 Å². The minimum Gasteiger partial charge on any atom is -0.345 e. The van der Waals surface area contributed by atoms with E-state index in [2.05, 4.69) is 11.4 Å². The van der Waals surface area contributed by atoms with Gasteiger partial charge in [-0.25, -0.2) is 8.42 Å². The Balaban J connectivity index is 1.84. The molecule has 2 aromatic carbocycles. The van der Waals surface area contributed by atoms with Crippen molar-refractivity contribution in [3.63, 3.8) is 0 Å². The highest BCUT2D eigenvalue weighted by Crippen LogP contribution is 2.26. The standard InChI is InChI=1S/C23H29ClN2O3S/c1-16-8-10-20(17(2)14-16)18(3)25-23(27)21-15-19(9-11-22(21)24)30(28,29)26-12-6-4-5-7-13-26/h8-11,14-15,18H,4-7,12-13H2,1-3H3,(H,25,27). The predicted octanol–water partition coefficient (Wildman–Crippen LogP) is 5.01. The van der Waals surface area contributed by atoms with Crippen molar-refractivity contribution in [1.82, 2.24) is 9.62 Å². The number of halogens is 1. The van der Waals surface area contributed by atoms with E-state index in [1.165, 1.54) is 22.5 Å². The largest absolute Gasteiger partial charge is 0.345 e. The lowest BCUT2D eigenvalue weighted by atomic mass is 10.00. The summed E-state index contributed by atoms with van der Waals surface area (Å²) in [7, 11) is -3.66. The Kier molecular flexibility index (Phi) is 7.22. The Morgan fingerprint density at radius 1 is 1.03 bits per heavy atom. The zero-order valence-corrected chi connectivity index (χ0v) is 19.3. The molecule has 1 unspecified atom stereocenters. The van der Waals surface area contributed by atoms with Gasteiger partial charge in [0.25, 0.3) is 5.91 Å². The van der Waals surface area contributed by atoms with E-state index in [0.29, 0.717) is 13.1 Å². The zero-order valence-electron chi connectivity index (χ0n) is 17.7. The highest BCUT2D eigenvalue weighted by Gasteiger charge is 2.27. The molecule has 3 rings (SSSR count). The molecule has 0 bridgehead atoms. The van der Waals surface area contributed by atoms with Crippen molar-refractivity contribution >= 4 is 27.5 Å². The zero-order chi connectivity index (χ0) is 21.9. The molecule has 1 fully saturated rings. The molecule has 5 nitrogen and oxygen atoms in total. The third-order valence-corrected chi connectivity index (χ3v) is 7.85. The van der Waals surface area contributed by atoms with Crippen molar-refractivity contribution in [1.29, 1.82) is 0 Å². The number of rotatable bonds is 5. The molecule has 0 radical (unpaired) electrons. The highest BCUT2D eigenvalue weighted by atomic mass is 35.5. The number of nitrogens with zero attached hydrogens (tertiary/aromatic N) is 1. The molecule has 1 saturated heterocycles. The molecule has 0 spiro atoms. The summed E-state index contributed by atoms with van der Waals surface area (Å²) in [5.74, 6) is -0.389. The second kappa shape index (κ2) is 9.50. The van der Waals surface area contributed by atoms with E-state index < -0.39 is 10.0 Å². The van der Waals surface area contributed by atoms with Crippen molar-refractivity contribution in [3.05, 3.63) is 63.7 Å². The van der Waals surface area contributed by atoms with Crippen LogP contribution in [-0.2, 0) is 10.0 Å². The minimum absolute atomic E-state index is 0.109. The maximum Gasteiger partial charge on any atom is 0.253 e. The van der Waals surface area contributed by atoms with Crippen LogP contribution in [0.15, 0.2) is 41.3 Å². The molecule has 30 heavy (non-hydrogen) atoms. The van der Waals surface area contributed by atoms with Crippen molar-refractivity contribution in [2.24, 2.45) is 0 Å². The van der Waals surface area contributed by atoms with Crippen LogP contribution in [0.25, 0.3) is 0 Å². The lowest BCUT2D eigenvalue weighted by molar-refractivity contribution is 0.0939. The third-order valence-electron chi connectivity index (χ3n) is 5.62. The fourth-order valence-corrected chi connectivity index (χ4v) is 5.68. The van der Waals surface area contributed by atoms with E-state index in [0.717, 1.165) is 42.4 Å². The molecule has 1 heterocycles. The van der Waals surface area contributed by atoms with Crippen molar-refractivity contribution in [3.8, 4) is 0 Å². The summed E-state index contributed by atoms with van der Waals surface area (Å²) in [4.78, 5) is 13.0. The molecule has 1 N–H and O–H groups in total. The first kappa shape index (κ1) is 22.8. The summed E-state index contributed by atoms with van der Waals surface area (Å²) < 4.78 is 27.7. The minimum atomic E-state index is -3.66. The number of carbonyl (C=O) groups is 1. The second-order valence-electron chi connectivity index (χ2n) is 8.02. The fourth-order valence-electron chi connectivity index (χ4n) is 3.93. The Labute approximate surface area is 184 Å². The van der Waals surface area contributed by atoms with Crippen LogP contribution >= 0.6 is 11.6 Å². The molecule has 0 saturated carbocycles. The first-order chi connectivity index (χ1) is 14.2. The number of hydrogen-bond acceptors (Lipinski definition) is 3. The van der Waals surface area contributed by atoms with Crippen molar-refractivity contribution in [2.45, 2.75) is 57.4 Å². The van der Waals surface area contributed by atoms with Gasteiger partial charge in [0.05, 0.1) is 21.5 Å². The molecule has 1 amide bonds. The summed E-state index contributed by atoms with van der Waals surface area (Å²) in [6.07, 6.45) is 3.79. The molecular weight excluding hydrogens is 420 g/mol. The Hall–Kier alpha value is -1.89. The van der Waals surface area contributed by atoms with E-state index in [-0.39, 0.29) is 27.4 Å². The molecular formula is C23H29ClN2O3S. The number of aryl methyl sites for hydroxylation is 2. The van der Waals surface area contributed by atoms with Gasteiger partial charge in [-0.2, -0.15) is 4.31 Å². The van der Waals surface area contributed by atoms with Gasteiger partial charge < -0.3 is 5.32 Å². The number of amides is 1. The van der Waals surface area contributed by atoms with Gasteiger partial charge in [0.1, 0.15) is 0 Å². The van der Waals surface area contributed by atoms with Gasteiger partial charge in [-0.3, -0.25) is 4.79 Å². The van der Waals surface area contributed by atoms with E-state index in [4.69, 9.17) is 11.6 Å². The van der Waals surface area contributed by atoms with Gasteiger partial charge >= 0.3 is 0 Å². The van der Waals surface area contributed by atoms with Crippen LogP contribution in [0.2, 0.25) is 5.02 Å². The molecule has 1 aliphatic rings. The molecule has 0 aliphatic carbocycles. The molecule has 2 aromatic rings. The average molecular weight is 449 g/mol.